The molecule has 2 N–H and O–H groups in total. The second kappa shape index (κ2) is 6.90. The monoisotopic (exact) mass is 397 g/mol. The van der Waals surface area contributed by atoms with Crippen molar-refractivity contribution in [2.75, 3.05) is 0 Å². The maximum atomic E-state index is 12.0. The van der Waals surface area contributed by atoms with E-state index in [4.69, 9.17) is 0 Å². The molecule has 5 heteroatoms. The zero-order valence-corrected chi connectivity index (χ0v) is 13.7. The predicted octanol–water partition coefficient (Wildman–Crippen LogP) is 3.98. The van der Waals surface area contributed by atoms with Crippen molar-refractivity contribution in [3.05, 3.63) is 63.6 Å². The van der Waals surface area contributed by atoms with Crippen LogP contribution in [0.15, 0.2) is 46.9 Å². The highest BCUT2D eigenvalue weighted by atomic mass is 79.9. The molecule has 20 heavy (non-hydrogen) atoms. The number of carbonyl (C=O) groups is 1. The Labute approximate surface area is 134 Å². The Kier molecular flexibility index (Phi) is 5.20. The van der Waals surface area contributed by atoms with E-state index in [1.165, 1.54) is 6.07 Å². The first-order valence-corrected chi connectivity index (χ1v) is 7.92. The molecule has 3 nitrogen and oxygen atoms in total. The number of phenols is 1. The normalized spacial score (nSPS) is 10.3. The topological polar surface area (TPSA) is 49.3 Å². The first-order valence-electron chi connectivity index (χ1n) is 6.00. The Morgan fingerprint density at radius 3 is 2.65 bits per heavy atom. The van der Waals surface area contributed by atoms with E-state index in [0.29, 0.717) is 6.54 Å². The molecule has 0 radical (unpaired) electrons. The third kappa shape index (κ3) is 3.84. The van der Waals surface area contributed by atoms with Crippen LogP contribution in [0.25, 0.3) is 0 Å². The van der Waals surface area contributed by atoms with Crippen molar-refractivity contribution >= 4 is 37.8 Å². The Bertz CT molecular complexity index is 629. The molecule has 0 fully saturated rings. The van der Waals surface area contributed by atoms with Gasteiger partial charge >= 0.3 is 0 Å². The summed E-state index contributed by atoms with van der Waals surface area (Å²) in [4.78, 5) is 12.0. The zero-order chi connectivity index (χ0) is 14.5. The average Bonchev–Trinajstić information content (AvgIpc) is 2.47. The van der Waals surface area contributed by atoms with Crippen LogP contribution in [-0.4, -0.2) is 11.0 Å². The van der Waals surface area contributed by atoms with Gasteiger partial charge in [-0.25, -0.2) is 0 Å². The highest BCUT2D eigenvalue weighted by Crippen LogP contribution is 2.21. The lowest BCUT2D eigenvalue weighted by atomic mass is 10.1. The molecular weight excluding hydrogens is 386 g/mol. The molecule has 0 saturated carbocycles. The van der Waals surface area contributed by atoms with Crippen molar-refractivity contribution in [1.82, 2.24) is 5.32 Å². The largest absolute Gasteiger partial charge is 0.507 e. The molecule has 0 unspecified atom stereocenters. The van der Waals surface area contributed by atoms with E-state index < -0.39 is 0 Å². The fraction of sp³-hybridized carbons (Fsp3) is 0.133. The maximum Gasteiger partial charge on any atom is 0.255 e. The maximum absolute atomic E-state index is 12.0. The number of hydrogen-bond donors (Lipinski definition) is 2. The molecular formula is C15H13Br2NO2. The van der Waals surface area contributed by atoms with E-state index in [-0.39, 0.29) is 17.2 Å². The van der Waals surface area contributed by atoms with E-state index in [1.807, 2.05) is 24.3 Å². The number of aromatic hydroxyl groups is 1. The van der Waals surface area contributed by atoms with E-state index in [0.717, 1.165) is 20.9 Å². The molecule has 0 bridgehead atoms. The lowest BCUT2D eigenvalue weighted by molar-refractivity contribution is 0.0948. The van der Waals surface area contributed by atoms with Gasteiger partial charge in [-0.15, -0.1) is 0 Å². The highest BCUT2D eigenvalue weighted by molar-refractivity contribution is 9.10. The average molecular weight is 399 g/mol. The number of halogens is 2. The Morgan fingerprint density at radius 1 is 1.15 bits per heavy atom. The summed E-state index contributed by atoms with van der Waals surface area (Å²) < 4.78 is 0.752. The van der Waals surface area contributed by atoms with Crippen molar-refractivity contribution in [2.45, 2.75) is 11.9 Å². The summed E-state index contributed by atoms with van der Waals surface area (Å²) in [6.45, 7) is 0.422. The molecule has 0 saturated heterocycles. The van der Waals surface area contributed by atoms with Crippen LogP contribution in [-0.2, 0) is 11.9 Å². The van der Waals surface area contributed by atoms with Crippen LogP contribution < -0.4 is 5.32 Å². The van der Waals surface area contributed by atoms with Crippen LogP contribution in [0.1, 0.15) is 21.5 Å². The van der Waals surface area contributed by atoms with Crippen molar-refractivity contribution < 1.29 is 9.90 Å². The smallest absolute Gasteiger partial charge is 0.255 e. The van der Waals surface area contributed by atoms with Gasteiger partial charge in [0.2, 0.25) is 0 Å². The number of phenolic OH excluding ortho intramolecular Hbond substituents is 1. The lowest BCUT2D eigenvalue weighted by Gasteiger charge is -2.08. The van der Waals surface area contributed by atoms with Gasteiger partial charge in [0.05, 0.1) is 5.56 Å². The second-order valence-electron chi connectivity index (χ2n) is 4.30. The quantitative estimate of drug-likeness (QED) is 0.765. The van der Waals surface area contributed by atoms with Crippen LogP contribution in [0.4, 0.5) is 0 Å². The summed E-state index contributed by atoms with van der Waals surface area (Å²) in [7, 11) is 0. The zero-order valence-electron chi connectivity index (χ0n) is 10.6. The Hall–Kier alpha value is -1.33. The van der Waals surface area contributed by atoms with Gasteiger partial charge in [0.15, 0.2) is 0 Å². The Morgan fingerprint density at radius 2 is 1.90 bits per heavy atom. The standard InChI is InChI=1S/C15H13Br2NO2/c16-8-10-2-1-3-11(6-10)9-18-15(20)13-7-12(17)4-5-14(13)19/h1-7,19H,8-9H2,(H,18,20). The van der Waals surface area contributed by atoms with Gasteiger partial charge in [0.1, 0.15) is 5.75 Å². The van der Waals surface area contributed by atoms with Crippen molar-refractivity contribution in [3.8, 4) is 5.75 Å². The lowest BCUT2D eigenvalue weighted by Crippen LogP contribution is -2.22. The predicted molar refractivity (Wildman–Crippen MR) is 86.1 cm³/mol. The first kappa shape index (κ1) is 15.1. The summed E-state index contributed by atoms with van der Waals surface area (Å²) in [5.41, 5.74) is 2.43. The van der Waals surface area contributed by atoms with Gasteiger partial charge in [-0.1, -0.05) is 56.1 Å². The molecule has 104 valence electrons. The van der Waals surface area contributed by atoms with Gasteiger partial charge in [0, 0.05) is 16.3 Å². The summed E-state index contributed by atoms with van der Waals surface area (Å²) in [5, 5.41) is 13.3. The van der Waals surface area contributed by atoms with Gasteiger partial charge in [-0.05, 0) is 29.3 Å². The van der Waals surface area contributed by atoms with Crippen LogP contribution in [0.5, 0.6) is 5.75 Å². The molecule has 2 rings (SSSR count). The van der Waals surface area contributed by atoms with E-state index >= 15 is 0 Å². The van der Waals surface area contributed by atoms with Crippen molar-refractivity contribution in [1.29, 1.82) is 0 Å². The molecule has 0 aromatic heterocycles. The molecule has 0 aliphatic heterocycles. The summed E-state index contributed by atoms with van der Waals surface area (Å²) >= 11 is 6.68. The summed E-state index contributed by atoms with van der Waals surface area (Å²) in [5.74, 6) is -0.326. The fourth-order valence-corrected chi connectivity index (χ4v) is 2.50. The molecule has 0 aliphatic rings. The third-order valence-electron chi connectivity index (χ3n) is 2.80. The molecule has 2 aromatic carbocycles. The Balaban J connectivity index is 2.06. The molecule has 0 atom stereocenters. The minimum Gasteiger partial charge on any atom is -0.507 e. The number of nitrogens with one attached hydrogen (secondary N) is 1. The van der Waals surface area contributed by atoms with Gasteiger partial charge in [0.25, 0.3) is 5.91 Å². The number of hydrogen-bond acceptors (Lipinski definition) is 2. The van der Waals surface area contributed by atoms with Crippen LogP contribution in [0.3, 0.4) is 0 Å². The fourth-order valence-electron chi connectivity index (χ4n) is 1.79. The molecule has 2 aromatic rings. The van der Waals surface area contributed by atoms with Crippen LogP contribution in [0, 0.1) is 0 Å². The van der Waals surface area contributed by atoms with Gasteiger partial charge in [-0.2, -0.15) is 0 Å². The first-order chi connectivity index (χ1) is 9.60. The number of alkyl halides is 1. The molecule has 0 spiro atoms. The second-order valence-corrected chi connectivity index (χ2v) is 5.77. The van der Waals surface area contributed by atoms with E-state index in [1.54, 1.807) is 12.1 Å². The summed E-state index contributed by atoms with van der Waals surface area (Å²) in [6, 6.07) is 12.7. The van der Waals surface area contributed by atoms with E-state index in [9.17, 15) is 9.90 Å². The van der Waals surface area contributed by atoms with Gasteiger partial charge in [-0.3, -0.25) is 4.79 Å². The molecule has 0 aliphatic carbocycles. The minimum absolute atomic E-state index is 0.0279. The molecule has 0 heterocycles. The minimum atomic E-state index is -0.298. The third-order valence-corrected chi connectivity index (χ3v) is 3.94. The summed E-state index contributed by atoms with van der Waals surface area (Å²) in [6.07, 6.45) is 0. The van der Waals surface area contributed by atoms with Gasteiger partial charge < -0.3 is 10.4 Å². The van der Waals surface area contributed by atoms with E-state index in [2.05, 4.69) is 37.2 Å². The number of rotatable bonds is 4. The molecule has 1 amide bonds. The number of carbonyl (C=O) groups excluding carboxylic acids is 1. The number of benzene rings is 2. The van der Waals surface area contributed by atoms with Crippen molar-refractivity contribution in [2.24, 2.45) is 0 Å². The van der Waals surface area contributed by atoms with Crippen molar-refractivity contribution in [3.63, 3.8) is 0 Å². The number of amides is 1. The highest BCUT2D eigenvalue weighted by Gasteiger charge is 2.11. The van der Waals surface area contributed by atoms with Crippen LogP contribution in [0.2, 0.25) is 0 Å². The SMILES string of the molecule is O=C(NCc1cccc(CBr)c1)c1cc(Br)ccc1O. The van der Waals surface area contributed by atoms with Crippen LogP contribution >= 0.6 is 31.9 Å².